The van der Waals surface area contributed by atoms with Crippen molar-refractivity contribution in [2.75, 3.05) is 12.4 Å². The Bertz CT molecular complexity index is 1690. The maximum atomic E-state index is 13.6. The first-order chi connectivity index (χ1) is 22.8. The van der Waals surface area contributed by atoms with Gasteiger partial charge < -0.3 is 14.5 Å². The van der Waals surface area contributed by atoms with E-state index in [1.165, 1.54) is 22.3 Å². The zero-order valence-corrected chi connectivity index (χ0v) is 29.5. The van der Waals surface area contributed by atoms with Gasteiger partial charge >= 0.3 is 6.09 Å². The molecule has 47 heavy (non-hydrogen) atoms. The Hall–Kier alpha value is -4.17. The second kappa shape index (κ2) is 14.3. The van der Waals surface area contributed by atoms with Crippen LogP contribution in [0.1, 0.15) is 33.7 Å². The lowest BCUT2D eigenvalue weighted by Gasteiger charge is -2.37. The van der Waals surface area contributed by atoms with Crippen molar-refractivity contribution >= 4 is 43.4 Å². The van der Waals surface area contributed by atoms with E-state index >= 15 is 0 Å². The zero-order chi connectivity index (χ0) is 32.9. The number of carbonyl (C=O) groups is 1. The normalized spacial score (nSPS) is 13.3. The summed E-state index contributed by atoms with van der Waals surface area (Å²) in [6.45, 7) is 6.51. The third kappa shape index (κ3) is 7.22. The van der Waals surface area contributed by atoms with Crippen LogP contribution >= 0.6 is 24.0 Å². The molecule has 0 saturated heterocycles. The fraction of sp³-hybridized carbons (Fsp3) is 0.200. The predicted octanol–water partition coefficient (Wildman–Crippen LogP) is 9.80. The fourth-order valence-electron chi connectivity index (χ4n) is 6.30. The summed E-state index contributed by atoms with van der Waals surface area (Å²) in [5.41, 5.74) is 8.14. The first kappa shape index (κ1) is 32.8. The van der Waals surface area contributed by atoms with E-state index in [1.54, 1.807) is 11.8 Å². The average Bonchev–Trinajstić information content (AvgIpc) is 3.41. The molecule has 1 atom stereocenters. The summed E-state index contributed by atoms with van der Waals surface area (Å²) in [5.74, 6) is 0.430. The van der Waals surface area contributed by atoms with Crippen molar-refractivity contribution in [3.63, 3.8) is 0 Å². The van der Waals surface area contributed by atoms with Crippen LogP contribution in [0, 0.1) is 0 Å². The lowest BCUT2D eigenvalue weighted by atomic mass is 9.84. The number of carbonyl (C=O) groups excluding carboxylic acids is 1. The molecule has 0 aliphatic heterocycles. The molecule has 5 aromatic carbocycles. The third-order valence-corrected chi connectivity index (χ3v) is 11.3. The molecule has 238 valence electrons. The number of nitrogens with one attached hydrogen (secondary N) is 1. The van der Waals surface area contributed by atoms with Crippen molar-refractivity contribution in [3.8, 4) is 11.1 Å². The molecular formula is C40H39NO3S2Si. The molecule has 0 saturated carbocycles. The van der Waals surface area contributed by atoms with Gasteiger partial charge in [-0.15, -0.1) is 11.8 Å². The van der Waals surface area contributed by atoms with Gasteiger partial charge in [-0.2, -0.15) is 0 Å². The van der Waals surface area contributed by atoms with Crippen LogP contribution in [0.2, 0.25) is 19.6 Å². The molecule has 5 aromatic rings. The van der Waals surface area contributed by atoms with E-state index in [1.807, 2.05) is 42.5 Å². The minimum absolute atomic E-state index is 0.0342. The molecule has 1 aliphatic carbocycles. The molecule has 6 rings (SSSR count). The van der Waals surface area contributed by atoms with Gasteiger partial charge in [0.2, 0.25) is 8.32 Å². The van der Waals surface area contributed by atoms with Crippen molar-refractivity contribution < 1.29 is 14.0 Å². The third-order valence-electron chi connectivity index (χ3n) is 8.33. The number of rotatable bonds is 11. The lowest BCUT2D eigenvalue weighted by molar-refractivity contribution is 0.141. The highest BCUT2D eigenvalue weighted by Gasteiger charge is 2.39. The van der Waals surface area contributed by atoms with E-state index in [0.29, 0.717) is 10.8 Å². The highest BCUT2D eigenvalue weighted by molar-refractivity contribution is 8.00. The SMILES string of the molecule is C[Si](C)(C)OC(=S)C(CSC(c1ccccc1)(c1ccccc1)c1ccccc1)NC(=O)OCC1c2ccccc2-c2ccccc21. The van der Waals surface area contributed by atoms with Gasteiger partial charge in [0.25, 0.3) is 0 Å². The van der Waals surface area contributed by atoms with Crippen molar-refractivity contribution in [3.05, 3.63) is 167 Å². The minimum Gasteiger partial charge on any atom is -0.538 e. The highest BCUT2D eigenvalue weighted by Crippen LogP contribution is 2.49. The van der Waals surface area contributed by atoms with E-state index in [2.05, 4.69) is 122 Å². The first-order valence-corrected chi connectivity index (χ1v) is 20.7. The fourth-order valence-corrected chi connectivity index (χ4v) is 9.60. The zero-order valence-electron chi connectivity index (χ0n) is 26.9. The quantitative estimate of drug-likeness (QED) is 0.0860. The maximum Gasteiger partial charge on any atom is 0.407 e. The molecule has 0 fully saturated rings. The average molecular weight is 674 g/mol. The van der Waals surface area contributed by atoms with Gasteiger partial charge in [-0.05, 0) is 70.8 Å². The minimum atomic E-state index is -2.06. The lowest BCUT2D eigenvalue weighted by Crippen LogP contribution is -2.47. The molecule has 0 spiro atoms. The summed E-state index contributed by atoms with van der Waals surface area (Å²) in [5, 5.41) is 3.49. The van der Waals surface area contributed by atoms with Gasteiger partial charge in [-0.25, -0.2) is 4.79 Å². The van der Waals surface area contributed by atoms with Gasteiger partial charge in [0.05, 0.1) is 4.75 Å². The second-order valence-electron chi connectivity index (χ2n) is 12.6. The van der Waals surface area contributed by atoms with Crippen molar-refractivity contribution in [1.82, 2.24) is 5.32 Å². The number of amides is 1. The Morgan fingerprint density at radius 3 is 1.60 bits per heavy atom. The van der Waals surface area contributed by atoms with Gasteiger partial charge in [0, 0.05) is 11.7 Å². The van der Waals surface area contributed by atoms with E-state index in [9.17, 15) is 4.79 Å². The van der Waals surface area contributed by atoms with Crippen LogP contribution in [0.15, 0.2) is 140 Å². The molecule has 1 aliphatic rings. The summed E-state index contributed by atoms with van der Waals surface area (Å²) >= 11 is 7.64. The highest BCUT2D eigenvalue weighted by atomic mass is 32.2. The monoisotopic (exact) mass is 673 g/mol. The number of alkyl carbamates (subject to hydrolysis) is 1. The van der Waals surface area contributed by atoms with E-state index in [0.717, 1.165) is 16.7 Å². The summed E-state index contributed by atoms with van der Waals surface area (Å²) in [4.78, 5) is 13.6. The van der Waals surface area contributed by atoms with Crippen LogP contribution in [0.3, 0.4) is 0 Å². The number of fused-ring (bicyclic) bond motifs is 3. The first-order valence-electron chi connectivity index (χ1n) is 15.9. The topological polar surface area (TPSA) is 47.6 Å². The number of benzene rings is 5. The van der Waals surface area contributed by atoms with Gasteiger partial charge in [-0.3, -0.25) is 0 Å². The molecular weight excluding hydrogens is 635 g/mol. The smallest absolute Gasteiger partial charge is 0.407 e. The molecule has 7 heteroatoms. The van der Waals surface area contributed by atoms with E-state index in [4.69, 9.17) is 21.4 Å². The summed E-state index contributed by atoms with van der Waals surface area (Å²) < 4.78 is 11.7. The Balaban J connectivity index is 1.28. The number of hydrogen-bond acceptors (Lipinski definition) is 5. The van der Waals surface area contributed by atoms with Gasteiger partial charge in [0.1, 0.15) is 12.6 Å². The van der Waals surface area contributed by atoms with Crippen LogP contribution in [-0.4, -0.2) is 37.9 Å². The number of thioether (sulfide) groups is 1. The van der Waals surface area contributed by atoms with Crippen LogP contribution in [0.4, 0.5) is 4.79 Å². The van der Waals surface area contributed by atoms with Gasteiger partial charge in [-0.1, -0.05) is 140 Å². The molecule has 0 heterocycles. The molecule has 1 N–H and O–H groups in total. The Morgan fingerprint density at radius 1 is 0.723 bits per heavy atom. The van der Waals surface area contributed by atoms with E-state index < -0.39 is 25.2 Å². The molecule has 1 unspecified atom stereocenters. The standard InChI is InChI=1S/C40H39NO3S2Si/c1-47(2,3)44-38(45)37(41-39(42)43-27-36-34-25-15-13-23-32(34)33-24-14-16-26-35(33)36)28-46-40(29-17-7-4-8-18-29,30-19-9-5-10-20-30)31-21-11-6-12-22-31/h4-26,36-37H,27-28H2,1-3H3,(H,41,42). The Kier molecular flexibility index (Phi) is 9.97. The number of hydrogen-bond donors (Lipinski definition) is 1. The summed E-state index contributed by atoms with van der Waals surface area (Å²) in [7, 11) is -2.06. The number of thiocarbonyl (C=S) groups is 1. The van der Waals surface area contributed by atoms with Crippen LogP contribution in [0.25, 0.3) is 11.1 Å². The summed E-state index contributed by atoms with van der Waals surface area (Å²) in [6, 6.07) is 47.6. The van der Waals surface area contributed by atoms with Crippen molar-refractivity contribution in [1.29, 1.82) is 0 Å². The molecule has 1 amide bonds. The van der Waals surface area contributed by atoms with Crippen LogP contribution < -0.4 is 5.32 Å². The summed E-state index contributed by atoms with van der Waals surface area (Å²) in [6.07, 6.45) is -0.510. The Morgan fingerprint density at radius 2 is 1.15 bits per heavy atom. The van der Waals surface area contributed by atoms with Crippen LogP contribution in [-0.2, 0) is 13.9 Å². The largest absolute Gasteiger partial charge is 0.538 e. The second-order valence-corrected chi connectivity index (χ2v) is 18.7. The van der Waals surface area contributed by atoms with Crippen molar-refractivity contribution in [2.24, 2.45) is 0 Å². The predicted molar refractivity (Wildman–Crippen MR) is 201 cm³/mol. The van der Waals surface area contributed by atoms with Gasteiger partial charge in [0.15, 0.2) is 5.05 Å². The molecule has 4 nitrogen and oxygen atoms in total. The van der Waals surface area contributed by atoms with Crippen LogP contribution in [0.5, 0.6) is 0 Å². The maximum absolute atomic E-state index is 13.6. The van der Waals surface area contributed by atoms with Crippen molar-refractivity contribution in [2.45, 2.75) is 36.3 Å². The Labute approximate surface area is 288 Å². The molecule has 0 aromatic heterocycles. The molecule has 0 bridgehead atoms. The van der Waals surface area contributed by atoms with E-state index in [-0.39, 0.29) is 12.5 Å². The number of ether oxygens (including phenoxy) is 1. The molecule has 0 radical (unpaired) electrons.